The van der Waals surface area contributed by atoms with Crippen LogP contribution in [0.5, 0.6) is 5.75 Å². The van der Waals surface area contributed by atoms with Crippen molar-refractivity contribution in [2.75, 3.05) is 11.9 Å². The van der Waals surface area contributed by atoms with E-state index in [9.17, 15) is 9.18 Å². The van der Waals surface area contributed by atoms with Gasteiger partial charge in [-0.25, -0.2) is 9.18 Å². The van der Waals surface area contributed by atoms with E-state index in [4.69, 9.17) is 4.74 Å². The van der Waals surface area contributed by atoms with Gasteiger partial charge >= 0.3 is 6.03 Å². The van der Waals surface area contributed by atoms with Crippen LogP contribution in [0, 0.1) is 5.82 Å². The number of halogens is 1. The zero-order valence-electron chi connectivity index (χ0n) is 10.5. The maximum Gasteiger partial charge on any atom is 0.319 e. The number of rotatable bonds is 5. The predicted octanol–water partition coefficient (Wildman–Crippen LogP) is 2.92. The van der Waals surface area contributed by atoms with Crippen molar-refractivity contribution in [2.45, 2.75) is 20.0 Å². The number of carbonyl (C=O) groups is 1. The van der Waals surface area contributed by atoms with Crippen LogP contribution in [0.15, 0.2) is 30.9 Å². The van der Waals surface area contributed by atoms with Gasteiger partial charge in [0.2, 0.25) is 0 Å². The fourth-order valence-electron chi connectivity index (χ4n) is 1.29. The van der Waals surface area contributed by atoms with Crippen molar-refractivity contribution in [1.82, 2.24) is 5.32 Å². The number of anilines is 1. The zero-order chi connectivity index (χ0) is 13.5. The average molecular weight is 252 g/mol. The first-order valence-corrected chi connectivity index (χ1v) is 5.65. The van der Waals surface area contributed by atoms with Crippen LogP contribution in [0.2, 0.25) is 0 Å². The average Bonchev–Trinajstić information content (AvgIpc) is 2.29. The first-order chi connectivity index (χ1) is 8.52. The van der Waals surface area contributed by atoms with E-state index in [0.29, 0.717) is 18.0 Å². The van der Waals surface area contributed by atoms with Crippen molar-refractivity contribution in [2.24, 2.45) is 0 Å². The minimum Gasteiger partial charge on any atom is -0.489 e. The molecular formula is C13H17FN2O2. The molecule has 1 rings (SSSR count). The van der Waals surface area contributed by atoms with Crippen molar-refractivity contribution < 1.29 is 13.9 Å². The lowest BCUT2D eigenvalue weighted by molar-refractivity contribution is 0.241. The van der Waals surface area contributed by atoms with E-state index in [2.05, 4.69) is 17.2 Å². The molecule has 0 aliphatic carbocycles. The standard InChI is InChI=1S/C13H17FN2O2/c1-4-7-15-13(17)16-11-8-10(14)5-6-12(11)18-9(2)3/h4-6,8-9H,1,7H2,2-3H3,(H2,15,16,17). The Bertz CT molecular complexity index is 433. The summed E-state index contributed by atoms with van der Waals surface area (Å²) in [6, 6.07) is 3.54. The van der Waals surface area contributed by atoms with Crippen molar-refractivity contribution in [3.8, 4) is 5.75 Å². The molecule has 0 aliphatic heterocycles. The molecule has 2 N–H and O–H groups in total. The number of nitrogens with one attached hydrogen (secondary N) is 2. The maximum atomic E-state index is 13.1. The molecule has 0 aliphatic rings. The Kier molecular flexibility index (Phi) is 5.17. The maximum absolute atomic E-state index is 13.1. The molecule has 0 spiro atoms. The van der Waals surface area contributed by atoms with Gasteiger partial charge in [0.1, 0.15) is 11.6 Å². The molecule has 0 bridgehead atoms. The first-order valence-electron chi connectivity index (χ1n) is 5.65. The summed E-state index contributed by atoms with van der Waals surface area (Å²) in [5, 5.41) is 5.06. The highest BCUT2D eigenvalue weighted by Crippen LogP contribution is 2.26. The van der Waals surface area contributed by atoms with Crippen molar-refractivity contribution in [3.63, 3.8) is 0 Å². The number of ether oxygens (including phenoxy) is 1. The van der Waals surface area contributed by atoms with Gasteiger partial charge in [-0.2, -0.15) is 0 Å². The van der Waals surface area contributed by atoms with Crippen LogP contribution in [0.25, 0.3) is 0 Å². The molecule has 1 aromatic carbocycles. The SMILES string of the molecule is C=CCNC(=O)Nc1cc(F)ccc1OC(C)C. The summed E-state index contributed by atoms with van der Waals surface area (Å²) in [6.45, 7) is 7.52. The largest absolute Gasteiger partial charge is 0.489 e. The summed E-state index contributed by atoms with van der Waals surface area (Å²) in [6.07, 6.45) is 1.49. The number of benzene rings is 1. The molecule has 0 saturated heterocycles. The molecule has 18 heavy (non-hydrogen) atoms. The monoisotopic (exact) mass is 252 g/mol. The van der Waals surface area contributed by atoms with E-state index >= 15 is 0 Å². The molecule has 0 aromatic heterocycles. The summed E-state index contributed by atoms with van der Waals surface area (Å²) in [4.78, 5) is 11.5. The van der Waals surface area contributed by atoms with Gasteiger partial charge in [0.15, 0.2) is 0 Å². The van der Waals surface area contributed by atoms with Gasteiger partial charge in [-0.3, -0.25) is 0 Å². The Morgan fingerprint density at radius 3 is 2.89 bits per heavy atom. The molecule has 0 radical (unpaired) electrons. The molecule has 0 atom stereocenters. The van der Waals surface area contributed by atoms with Crippen LogP contribution in [0.3, 0.4) is 0 Å². The van der Waals surface area contributed by atoms with Gasteiger partial charge in [-0.1, -0.05) is 6.08 Å². The number of carbonyl (C=O) groups excluding carboxylic acids is 1. The van der Waals surface area contributed by atoms with Gasteiger partial charge < -0.3 is 15.4 Å². The smallest absolute Gasteiger partial charge is 0.319 e. The second-order valence-electron chi connectivity index (χ2n) is 3.93. The first kappa shape index (κ1) is 14.0. The molecule has 4 nitrogen and oxygen atoms in total. The van der Waals surface area contributed by atoms with Crippen molar-refractivity contribution >= 4 is 11.7 Å². The molecule has 5 heteroatoms. The summed E-state index contributed by atoms with van der Waals surface area (Å²) < 4.78 is 18.6. The fraction of sp³-hybridized carbons (Fsp3) is 0.308. The van der Waals surface area contributed by atoms with Crippen molar-refractivity contribution in [3.05, 3.63) is 36.7 Å². The minimum absolute atomic E-state index is 0.0627. The van der Waals surface area contributed by atoms with Gasteiger partial charge in [-0.05, 0) is 26.0 Å². The van der Waals surface area contributed by atoms with Gasteiger partial charge in [0.05, 0.1) is 11.8 Å². The number of urea groups is 1. The second kappa shape index (κ2) is 6.64. The summed E-state index contributed by atoms with van der Waals surface area (Å²) in [5.41, 5.74) is 0.297. The third kappa shape index (κ3) is 4.45. The minimum atomic E-state index is -0.440. The number of amides is 2. The predicted molar refractivity (Wildman–Crippen MR) is 69.4 cm³/mol. The second-order valence-corrected chi connectivity index (χ2v) is 3.93. The van der Waals surface area contributed by atoms with Crippen LogP contribution >= 0.6 is 0 Å². The number of hydrogen-bond acceptors (Lipinski definition) is 2. The molecule has 98 valence electrons. The molecular weight excluding hydrogens is 235 g/mol. The van der Waals surface area contributed by atoms with Crippen LogP contribution in [-0.4, -0.2) is 18.7 Å². The quantitative estimate of drug-likeness (QED) is 0.792. The highest BCUT2D eigenvalue weighted by atomic mass is 19.1. The molecule has 0 saturated carbocycles. The van der Waals surface area contributed by atoms with Crippen LogP contribution in [0.4, 0.5) is 14.9 Å². The lowest BCUT2D eigenvalue weighted by atomic mass is 10.2. The lowest BCUT2D eigenvalue weighted by Gasteiger charge is -2.15. The Morgan fingerprint density at radius 1 is 1.56 bits per heavy atom. The third-order valence-corrected chi connectivity index (χ3v) is 1.96. The Labute approximate surface area is 106 Å². The van der Waals surface area contributed by atoms with Gasteiger partial charge in [0, 0.05) is 12.6 Å². The molecule has 0 heterocycles. The molecule has 0 unspecified atom stereocenters. The molecule has 2 amide bonds. The Hall–Kier alpha value is -2.04. The topological polar surface area (TPSA) is 50.4 Å². The summed E-state index contributed by atoms with van der Waals surface area (Å²) in [7, 11) is 0. The van der Waals surface area contributed by atoms with Crippen LogP contribution < -0.4 is 15.4 Å². The van der Waals surface area contributed by atoms with Crippen molar-refractivity contribution in [1.29, 1.82) is 0 Å². The van der Waals surface area contributed by atoms with Gasteiger partial charge in [-0.15, -0.1) is 6.58 Å². The normalized spacial score (nSPS) is 10.0. The van der Waals surface area contributed by atoms with Gasteiger partial charge in [0.25, 0.3) is 0 Å². The third-order valence-electron chi connectivity index (χ3n) is 1.96. The van der Waals surface area contributed by atoms with E-state index in [0.717, 1.165) is 0 Å². The molecule has 0 fully saturated rings. The summed E-state index contributed by atoms with van der Waals surface area (Å²) >= 11 is 0. The van der Waals surface area contributed by atoms with E-state index < -0.39 is 11.8 Å². The lowest BCUT2D eigenvalue weighted by Crippen LogP contribution is -2.29. The van der Waals surface area contributed by atoms with E-state index in [1.165, 1.54) is 18.2 Å². The summed E-state index contributed by atoms with van der Waals surface area (Å²) in [5.74, 6) is -0.00900. The molecule has 1 aromatic rings. The highest BCUT2D eigenvalue weighted by molar-refractivity contribution is 5.90. The van der Waals surface area contributed by atoms with E-state index in [-0.39, 0.29) is 6.10 Å². The van der Waals surface area contributed by atoms with E-state index in [1.807, 2.05) is 13.8 Å². The zero-order valence-corrected chi connectivity index (χ0v) is 10.5. The van der Waals surface area contributed by atoms with Crippen LogP contribution in [-0.2, 0) is 0 Å². The fourth-order valence-corrected chi connectivity index (χ4v) is 1.29. The van der Waals surface area contributed by atoms with E-state index in [1.54, 1.807) is 6.08 Å². The number of hydrogen-bond donors (Lipinski definition) is 2. The Morgan fingerprint density at radius 2 is 2.28 bits per heavy atom. The highest BCUT2D eigenvalue weighted by Gasteiger charge is 2.09. The van der Waals surface area contributed by atoms with Crippen LogP contribution in [0.1, 0.15) is 13.8 Å². The Balaban J connectivity index is 2.81.